The van der Waals surface area contributed by atoms with E-state index < -0.39 is 9.53 Å². The van der Waals surface area contributed by atoms with Gasteiger partial charge in [-0.1, -0.05) is 13.2 Å². The minimum Gasteiger partial charge on any atom is -0.376 e. The van der Waals surface area contributed by atoms with Crippen molar-refractivity contribution in [3.63, 3.8) is 0 Å². The van der Waals surface area contributed by atoms with Gasteiger partial charge in [-0.2, -0.15) is 0 Å². The fourth-order valence-electron chi connectivity index (χ4n) is 2.21. The summed E-state index contributed by atoms with van der Waals surface area (Å²) >= 11 is 0. The van der Waals surface area contributed by atoms with Gasteiger partial charge in [0.1, 0.15) is 0 Å². The van der Waals surface area contributed by atoms with Crippen LogP contribution in [-0.4, -0.2) is 68.4 Å². The van der Waals surface area contributed by atoms with Gasteiger partial charge in [0.25, 0.3) is 0 Å². The molecule has 0 atom stereocenters. The van der Waals surface area contributed by atoms with Gasteiger partial charge in [0, 0.05) is 19.8 Å². The average Bonchev–Trinajstić information content (AvgIpc) is 2.64. The molecule has 8 heteroatoms. The Labute approximate surface area is 152 Å². The molecule has 2 heterocycles. The SMILES string of the molecule is C=CC1OCC2(CO1)COC(C=C)OC2.CCO[SiH](OCC)OCC. The summed E-state index contributed by atoms with van der Waals surface area (Å²) < 4.78 is 37.5. The lowest BCUT2D eigenvalue weighted by atomic mass is 9.91. The Balaban J connectivity index is 0.000000275. The van der Waals surface area contributed by atoms with Crippen LogP contribution in [0.25, 0.3) is 0 Å². The lowest BCUT2D eigenvalue weighted by Crippen LogP contribution is -2.51. The topological polar surface area (TPSA) is 64.6 Å². The Morgan fingerprint density at radius 3 is 1.36 bits per heavy atom. The second kappa shape index (κ2) is 12.7. The van der Waals surface area contributed by atoms with Crippen LogP contribution in [-0.2, 0) is 32.2 Å². The Hall–Kier alpha value is -0.583. The summed E-state index contributed by atoms with van der Waals surface area (Å²) in [4.78, 5) is 0. The Bertz CT molecular complexity index is 320. The first-order valence-corrected chi connectivity index (χ1v) is 10.1. The molecular formula is C17H32O7Si. The van der Waals surface area contributed by atoms with Crippen LogP contribution in [0.2, 0.25) is 0 Å². The molecule has 0 aromatic carbocycles. The van der Waals surface area contributed by atoms with Crippen LogP contribution < -0.4 is 0 Å². The van der Waals surface area contributed by atoms with Crippen LogP contribution in [0.5, 0.6) is 0 Å². The van der Waals surface area contributed by atoms with Gasteiger partial charge in [-0.25, -0.2) is 0 Å². The van der Waals surface area contributed by atoms with Crippen LogP contribution in [0.15, 0.2) is 25.3 Å². The zero-order valence-electron chi connectivity index (χ0n) is 15.6. The molecule has 2 saturated heterocycles. The second-order valence-electron chi connectivity index (χ2n) is 5.61. The fraction of sp³-hybridized carbons (Fsp3) is 0.765. The van der Waals surface area contributed by atoms with E-state index in [1.54, 1.807) is 12.2 Å². The quantitative estimate of drug-likeness (QED) is 0.473. The summed E-state index contributed by atoms with van der Waals surface area (Å²) in [7, 11) is -1.73. The Morgan fingerprint density at radius 2 is 1.12 bits per heavy atom. The van der Waals surface area contributed by atoms with Crippen LogP contribution >= 0.6 is 0 Å². The maximum Gasteiger partial charge on any atom is 0.484 e. The van der Waals surface area contributed by atoms with Gasteiger partial charge in [0.05, 0.1) is 31.8 Å². The minimum atomic E-state index is -1.73. The summed E-state index contributed by atoms with van der Waals surface area (Å²) in [5.74, 6) is 0. The van der Waals surface area contributed by atoms with Crippen molar-refractivity contribution < 1.29 is 32.2 Å². The van der Waals surface area contributed by atoms with Gasteiger partial charge in [-0.15, -0.1) is 0 Å². The van der Waals surface area contributed by atoms with Crippen molar-refractivity contribution in [3.8, 4) is 0 Å². The third kappa shape index (κ3) is 8.10. The normalized spacial score (nSPS) is 29.1. The number of ether oxygens (including phenoxy) is 4. The summed E-state index contributed by atoms with van der Waals surface area (Å²) in [6.45, 7) is 17.4. The van der Waals surface area contributed by atoms with Crippen LogP contribution in [0, 0.1) is 5.41 Å². The predicted molar refractivity (Wildman–Crippen MR) is 96.2 cm³/mol. The molecule has 0 bridgehead atoms. The first-order valence-electron chi connectivity index (χ1n) is 8.69. The van der Waals surface area contributed by atoms with Gasteiger partial charge in [-0.05, 0) is 32.9 Å². The molecular weight excluding hydrogens is 344 g/mol. The molecule has 146 valence electrons. The fourth-order valence-corrected chi connectivity index (χ4v) is 3.31. The molecule has 2 fully saturated rings. The van der Waals surface area contributed by atoms with E-state index in [-0.39, 0.29) is 18.0 Å². The lowest BCUT2D eigenvalue weighted by Gasteiger charge is -2.42. The molecule has 0 saturated carbocycles. The molecule has 2 aliphatic rings. The van der Waals surface area contributed by atoms with Crippen LogP contribution in [0.3, 0.4) is 0 Å². The molecule has 2 aliphatic heterocycles. The highest BCUT2D eigenvalue weighted by atomic mass is 28.3. The summed E-state index contributed by atoms with van der Waals surface area (Å²) in [6, 6.07) is 0. The summed E-state index contributed by atoms with van der Waals surface area (Å²) in [5.41, 5.74) is -0.168. The van der Waals surface area contributed by atoms with E-state index in [1.807, 2.05) is 20.8 Å². The highest BCUT2D eigenvalue weighted by molar-refractivity contribution is 6.36. The van der Waals surface area contributed by atoms with Crippen molar-refractivity contribution in [2.24, 2.45) is 5.41 Å². The monoisotopic (exact) mass is 376 g/mol. The Morgan fingerprint density at radius 1 is 0.800 bits per heavy atom. The first-order chi connectivity index (χ1) is 12.1. The van der Waals surface area contributed by atoms with Gasteiger partial charge in [0.2, 0.25) is 0 Å². The van der Waals surface area contributed by atoms with Crippen LogP contribution in [0.4, 0.5) is 0 Å². The largest absolute Gasteiger partial charge is 0.484 e. The zero-order valence-corrected chi connectivity index (χ0v) is 16.8. The summed E-state index contributed by atoms with van der Waals surface area (Å²) in [6.07, 6.45) is 2.69. The molecule has 7 nitrogen and oxygen atoms in total. The van der Waals surface area contributed by atoms with Gasteiger partial charge >= 0.3 is 9.53 Å². The van der Waals surface area contributed by atoms with Crippen LogP contribution in [0.1, 0.15) is 20.8 Å². The molecule has 0 aromatic rings. The maximum absolute atomic E-state index is 5.46. The number of hydrogen-bond acceptors (Lipinski definition) is 7. The predicted octanol–water partition coefficient (Wildman–Crippen LogP) is 1.90. The Kier molecular flexibility index (Phi) is 11.4. The van der Waals surface area contributed by atoms with E-state index >= 15 is 0 Å². The minimum absolute atomic E-state index is 0.168. The van der Waals surface area contributed by atoms with Crippen molar-refractivity contribution in [3.05, 3.63) is 25.3 Å². The van der Waals surface area contributed by atoms with Crippen molar-refractivity contribution in [2.45, 2.75) is 33.4 Å². The van der Waals surface area contributed by atoms with Crippen molar-refractivity contribution in [1.82, 2.24) is 0 Å². The molecule has 0 amide bonds. The second-order valence-corrected chi connectivity index (χ2v) is 7.18. The van der Waals surface area contributed by atoms with E-state index in [4.69, 9.17) is 32.2 Å². The van der Waals surface area contributed by atoms with E-state index in [9.17, 15) is 0 Å². The standard InChI is InChI=1S/C11H16O4.C6H16O3Si/c1-3-9-12-5-11(6-13-9)7-14-10(4-2)15-8-11;1-4-7-10(8-5-2)9-6-3/h3-4,9-10H,1-2,5-8H2;10H,4-6H2,1-3H3. The first kappa shape index (κ1) is 22.5. The van der Waals surface area contributed by atoms with Crippen molar-refractivity contribution >= 4 is 9.53 Å². The van der Waals surface area contributed by atoms with Crippen molar-refractivity contribution in [1.29, 1.82) is 0 Å². The van der Waals surface area contributed by atoms with Gasteiger partial charge in [0.15, 0.2) is 12.6 Å². The van der Waals surface area contributed by atoms with Crippen molar-refractivity contribution in [2.75, 3.05) is 46.2 Å². The van der Waals surface area contributed by atoms with E-state index in [1.165, 1.54) is 0 Å². The number of rotatable bonds is 8. The van der Waals surface area contributed by atoms with E-state index in [0.29, 0.717) is 46.2 Å². The summed E-state index contributed by atoms with van der Waals surface area (Å²) in [5, 5.41) is 0. The highest BCUT2D eigenvalue weighted by Crippen LogP contribution is 2.30. The smallest absolute Gasteiger partial charge is 0.376 e. The molecule has 0 aromatic heterocycles. The molecule has 2 rings (SSSR count). The maximum atomic E-state index is 5.46. The number of hydrogen-bond donors (Lipinski definition) is 0. The molecule has 0 N–H and O–H groups in total. The third-order valence-electron chi connectivity index (χ3n) is 3.51. The zero-order chi connectivity index (χ0) is 18.5. The lowest BCUT2D eigenvalue weighted by molar-refractivity contribution is -0.282. The molecule has 0 aliphatic carbocycles. The van der Waals surface area contributed by atoms with E-state index in [2.05, 4.69) is 13.2 Å². The molecule has 0 radical (unpaired) electrons. The molecule has 1 spiro atoms. The third-order valence-corrected chi connectivity index (χ3v) is 5.32. The molecule has 0 unspecified atom stereocenters. The highest BCUT2D eigenvalue weighted by Gasteiger charge is 2.40. The molecule has 25 heavy (non-hydrogen) atoms. The van der Waals surface area contributed by atoms with E-state index in [0.717, 1.165) is 0 Å². The average molecular weight is 377 g/mol. The van der Waals surface area contributed by atoms with Gasteiger partial charge in [-0.3, -0.25) is 0 Å². The van der Waals surface area contributed by atoms with Gasteiger partial charge < -0.3 is 32.2 Å².